The number of nitrogens with two attached hydrogens (primary N) is 1. The Kier molecular flexibility index (Phi) is 5.64. The summed E-state index contributed by atoms with van der Waals surface area (Å²) in [6.07, 6.45) is 3.68. The van der Waals surface area contributed by atoms with E-state index < -0.39 is 5.69 Å². The Balaban J connectivity index is 1.59. The highest BCUT2D eigenvalue weighted by molar-refractivity contribution is 5.94. The first-order chi connectivity index (χ1) is 16.5. The van der Waals surface area contributed by atoms with Gasteiger partial charge in [0.25, 0.3) is 5.95 Å². The zero-order chi connectivity index (χ0) is 23.7. The molecule has 0 fully saturated rings. The number of benzene rings is 2. The SMILES string of the molecule is Cc1cc(C(Cc2ccc(C(=N)N)cc2)c2nn(-c3ncccn3)c(=O)[nH]2)cc2c1OCOC2. The standard InChI is InChI=1S/C24H23N7O3/c1-14-9-17(11-18-12-33-13-34-20(14)18)19(10-15-3-5-16(6-4-15)21(25)26)22-29-24(32)31(30-22)23-27-7-2-8-28-23/h2-9,11,19H,10,12-13H2,1H3,(H3,25,26)(H,29,30,32). The Morgan fingerprint density at radius 3 is 2.74 bits per heavy atom. The predicted molar refractivity (Wildman–Crippen MR) is 124 cm³/mol. The zero-order valence-corrected chi connectivity index (χ0v) is 18.5. The van der Waals surface area contributed by atoms with Crippen LogP contribution in [0.1, 0.15) is 39.6 Å². The van der Waals surface area contributed by atoms with E-state index in [1.807, 2.05) is 37.3 Å². The zero-order valence-electron chi connectivity index (χ0n) is 18.5. The molecule has 2 aromatic heterocycles. The van der Waals surface area contributed by atoms with Gasteiger partial charge in [-0.2, -0.15) is 0 Å². The minimum atomic E-state index is -0.417. The minimum absolute atomic E-state index is 0.0133. The molecule has 172 valence electrons. The fraction of sp³-hybridized carbons (Fsp3) is 0.208. The lowest BCUT2D eigenvalue weighted by Crippen LogP contribution is -2.18. The van der Waals surface area contributed by atoms with Crippen molar-refractivity contribution < 1.29 is 9.47 Å². The monoisotopic (exact) mass is 457 g/mol. The first-order valence-corrected chi connectivity index (χ1v) is 10.7. The van der Waals surface area contributed by atoms with Gasteiger partial charge < -0.3 is 15.2 Å². The number of rotatable bonds is 6. The molecule has 10 nitrogen and oxygen atoms in total. The van der Waals surface area contributed by atoms with Gasteiger partial charge >= 0.3 is 5.69 Å². The molecule has 0 saturated heterocycles. The summed E-state index contributed by atoms with van der Waals surface area (Å²) in [7, 11) is 0. The molecule has 4 N–H and O–H groups in total. The highest BCUT2D eigenvalue weighted by atomic mass is 16.7. The van der Waals surface area contributed by atoms with Crippen molar-refractivity contribution in [3.63, 3.8) is 0 Å². The molecule has 3 heterocycles. The quantitative estimate of drug-likeness (QED) is 0.297. The Hall–Kier alpha value is -4.31. The van der Waals surface area contributed by atoms with Gasteiger partial charge in [-0.3, -0.25) is 10.4 Å². The lowest BCUT2D eigenvalue weighted by molar-refractivity contribution is -0.0169. The number of nitrogens with one attached hydrogen (secondary N) is 2. The number of ether oxygens (including phenoxy) is 2. The number of aromatic amines is 1. The molecule has 1 aliphatic rings. The van der Waals surface area contributed by atoms with E-state index in [4.69, 9.17) is 20.6 Å². The molecule has 0 bridgehead atoms. The molecular weight excluding hydrogens is 434 g/mol. The summed E-state index contributed by atoms with van der Waals surface area (Å²) in [4.78, 5) is 23.9. The summed E-state index contributed by atoms with van der Waals surface area (Å²) in [5.41, 5.74) is 9.74. The molecule has 0 aliphatic carbocycles. The van der Waals surface area contributed by atoms with Crippen molar-refractivity contribution in [1.29, 1.82) is 5.41 Å². The molecule has 0 amide bonds. The van der Waals surface area contributed by atoms with Gasteiger partial charge in [0, 0.05) is 29.4 Å². The van der Waals surface area contributed by atoms with E-state index in [1.165, 1.54) is 4.68 Å². The van der Waals surface area contributed by atoms with Gasteiger partial charge in [0.15, 0.2) is 6.79 Å². The maximum Gasteiger partial charge on any atom is 0.350 e. The molecule has 0 saturated carbocycles. The number of aryl methyl sites for hydroxylation is 1. The van der Waals surface area contributed by atoms with Gasteiger partial charge in [-0.15, -0.1) is 9.78 Å². The van der Waals surface area contributed by atoms with E-state index in [1.54, 1.807) is 18.5 Å². The van der Waals surface area contributed by atoms with Crippen LogP contribution < -0.4 is 16.2 Å². The van der Waals surface area contributed by atoms with Crippen LogP contribution in [0.3, 0.4) is 0 Å². The summed E-state index contributed by atoms with van der Waals surface area (Å²) in [5.74, 6) is 1.26. The lowest BCUT2D eigenvalue weighted by Gasteiger charge is -2.23. The summed E-state index contributed by atoms with van der Waals surface area (Å²) < 4.78 is 12.3. The number of H-pyrrole nitrogens is 1. The van der Waals surface area contributed by atoms with Gasteiger partial charge in [-0.25, -0.2) is 14.8 Å². The molecule has 0 spiro atoms. The summed E-state index contributed by atoms with van der Waals surface area (Å²) in [6, 6.07) is 13.2. The number of hydrogen-bond donors (Lipinski definition) is 3. The highest BCUT2D eigenvalue weighted by Crippen LogP contribution is 2.34. The average molecular weight is 457 g/mol. The smallest absolute Gasteiger partial charge is 0.350 e. The molecule has 2 aromatic carbocycles. The first-order valence-electron chi connectivity index (χ1n) is 10.7. The molecule has 4 aromatic rings. The number of fused-ring (bicyclic) bond motifs is 1. The third-order valence-corrected chi connectivity index (χ3v) is 5.73. The van der Waals surface area contributed by atoms with E-state index >= 15 is 0 Å². The molecule has 0 radical (unpaired) electrons. The molecule has 1 unspecified atom stereocenters. The first kappa shape index (κ1) is 21.5. The van der Waals surface area contributed by atoms with Crippen LogP contribution in [0.15, 0.2) is 59.7 Å². The van der Waals surface area contributed by atoms with Crippen molar-refractivity contribution in [2.75, 3.05) is 6.79 Å². The van der Waals surface area contributed by atoms with Crippen LogP contribution in [0.4, 0.5) is 0 Å². The van der Waals surface area contributed by atoms with Gasteiger partial charge in [0.1, 0.15) is 17.4 Å². The van der Waals surface area contributed by atoms with E-state index in [2.05, 4.69) is 26.1 Å². The van der Waals surface area contributed by atoms with E-state index in [-0.39, 0.29) is 24.5 Å². The Labute approximate surface area is 194 Å². The number of aromatic nitrogens is 5. The Bertz CT molecular complexity index is 1390. The van der Waals surface area contributed by atoms with Crippen molar-refractivity contribution >= 4 is 5.84 Å². The molecule has 5 rings (SSSR count). The van der Waals surface area contributed by atoms with Crippen LogP contribution in [0.5, 0.6) is 5.75 Å². The van der Waals surface area contributed by atoms with Gasteiger partial charge in [-0.05, 0) is 42.2 Å². The third kappa shape index (κ3) is 4.18. The van der Waals surface area contributed by atoms with Crippen molar-refractivity contribution in [3.8, 4) is 11.7 Å². The Morgan fingerprint density at radius 1 is 1.24 bits per heavy atom. The number of nitrogens with zero attached hydrogens (tertiary/aromatic N) is 4. The number of amidine groups is 1. The number of nitrogen functional groups attached to an aromatic ring is 1. The Morgan fingerprint density at radius 2 is 2.00 bits per heavy atom. The van der Waals surface area contributed by atoms with Crippen LogP contribution in [0.25, 0.3) is 5.95 Å². The molecule has 10 heteroatoms. The van der Waals surface area contributed by atoms with Crippen molar-refractivity contribution in [2.24, 2.45) is 5.73 Å². The largest absolute Gasteiger partial charge is 0.467 e. The van der Waals surface area contributed by atoms with Crippen molar-refractivity contribution in [2.45, 2.75) is 25.9 Å². The van der Waals surface area contributed by atoms with Gasteiger partial charge in [-0.1, -0.05) is 30.3 Å². The second kappa shape index (κ2) is 8.91. The average Bonchev–Trinajstić information content (AvgIpc) is 3.24. The molecule has 1 aliphatic heterocycles. The fourth-order valence-electron chi connectivity index (χ4n) is 4.11. The lowest BCUT2D eigenvalue weighted by atomic mass is 9.88. The van der Waals surface area contributed by atoms with Crippen LogP contribution in [0, 0.1) is 12.3 Å². The third-order valence-electron chi connectivity index (χ3n) is 5.73. The highest BCUT2D eigenvalue weighted by Gasteiger charge is 2.24. The van der Waals surface area contributed by atoms with E-state index in [0.29, 0.717) is 24.4 Å². The van der Waals surface area contributed by atoms with Gasteiger partial charge in [0.05, 0.1) is 6.61 Å². The maximum absolute atomic E-state index is 12.7. The van der Waals surface area contributed by atoms with E-state index in [0.717, 1.165) is 28.0 Å². The molecular formula is C24H23N7O3. The summed E-state index contributed by atoms with van der Waals surface area (Å²) in [5, 5.41) is 12.2. The van der Waals surface area contributed by atoms with Crippen molar-refractivity contribution in [3.05, 3.63) is 99.0 Å². The van der Waals surface area contributed by atoms with Crippen LogP contribution in [-0.4, -0.2) is 37.4 Å². The second-order valence-electron chi connectivity index (χ2n) is 8.08. The fourth-order valence-corrected chi connectivity index (χ4v) is 4.11. The van der Waals surface area contributed by atoms with Gasteiger partial charge in [0.2, 0.25) is 0 Å². The number of hydrogen-bond acceptors (Lipinski definition) is 7. The molecule has 1 atom stereocenters. The van der Waals surface area contributed by atoms with E-state index in [9.17, 15) is 4.79 Å². The minimum Gasteiger partial charge on any atom is -0.467 e. The van der Waals surface area contributed by atoms with Crippen LogP contribution >= 0.6 is 0 Å². The normalized spacial score (nSPS) is 13.7. The topological polar surface area (TPSA) is 145 Å². The molecule has 34 heavy (non-hydrogen) atoms. The maximum atomic E-state index is 12.7. The van der Waals surface area contributed by atoms with Crippen LogP contribution in [-0.2, 0) is 17.8 Å². The second-order valence-corrected chi connectivity index (χ2v) is 8.08. The van der Waals surface area contributed by atoms with Crippen molar-refractivity contribution in [1.82, 2.24) is 24.7 Å². The summed E-state index contributed by atoms with van der Waals surface area (Å²) >= 11 is 0. The summed E-state index contributed by atoms with van der Waals surface area (Å²) in [6.45, 7) is 2.67. The predicted octanol–water partition coefficient (Wildman–Crippen LogP) is 2.18. The van der Waals surface area contributed by atoms with Crippen LogP contribution in [0.2, 0.25) is 0 Å².